The Bertz CT molecular complexity index is 683. The molecule has 0 amide bonds. The standard InChI is InChI=1S/C20H28N2O4/c1-13(2)21-12-20-18(23)9-8-17(25-20)10-15-11-19(26-22-15)14-4-6-16(24-3)7-5-14/h4-7,11,13,17-18,20-21,23H,8-10,12H2,1-3H3/t17-,18-,20+/m0/s1. The van der Waals surface area contributed by atoms with Gasteiger partial charge in [0.1, 0.15) is 5.75 Å². The molecule has 2 aromatic rings. The highest BCUT2D eigenvalue weighted by atomic mass is 16.5. The molecule has 1 saturated heterocycles. The summed E-state index contributed by atoms with van der Waals surface area (Å²) in [4.78, 5) is 0. The molecule has 2 heterocycles. The molecule has 0 aliphatic carbocycles. The summed E-state index contributed by atoms with van der Waals surface area (Å²) in [6.07, 6.45) is 1.72. The molecule has 1 fully saturated rings. The second kappa shape index (κ2) is 8.66. The molecule has 0 spiro atoms. The first-order chi connectivity index (χ1) is 12.5. The van der Waals surface area contributed by atoms with Gasteiger partial charge < -0.3 is 24.4 Å². The first-order valence-corrected chi connectivity index (χ1v) is 9.22. The number of benzene rings is 1. The van der Waals surface area contributed by atoms with E-state index in [9.17, 15) is 5.11 Å². The van der Waals surface area contributed by atoms with Crippen LogP contribution in [0, 0.1) is 0 Å². The SMILES string of the molecule is COc1ccc(-c2cc(C[C@@H]3CC[C@H](O)[C@@H](CNC(C)C)O3)no2)cc1. The normalized spacial score (nSPS) is 23.3. The van der Waals surface area contributed by atoms with E-state index >= 15 is 0 Å². The summed E-state index contributed by atoms with van der Waals surface area (Å²) in [5.41, 5.74) is 1.83. The lowest BCUT2D eigenvalue weighted by molar-refractivity contribution is -0.115. The molecule has 1 aromatic heterocycles. The predicted octanol–water partition coefficient (Wildman–Crippen LogP) is 2.80. The molecule has 0 unspecified atom stereocenters. The molecule has 6 nitrogen and oxygen atoms in total. The average Bonchev–Trinajstić information content (AvgIpc) is 3.10. The van der Waals surface area contributed by atoms with E-state index in [1.807, 2.05) is 30.3 Å². The Morgan fingerprint density at radius 1 is 1.27 bits per heavy atom. The molecule has 2 N–H and O–H groups in total. The molecule has 0 radical (unpaired) electrons. The van der Waals surface area contributed by atoms with Gasteiger partial charge in [0.25, 0.3) is 0 Å². The molecule has 142 valence electrons. The van der Waals surface area contributed by atoms with Crippen molar-refractivity contribution in [3.05, 3.63) is 36.0 Å². The van der Waals surface area contributed by atoms with Crippen LogP contribution in [0.15, 0.2) is 34.9 Å². The highest BCUT2D eigenvalue weighted by Gasteiger charge is 2.30. The Balaban J connectivity index is 1.59. The number of aromatic nitrogens is 1. The van der Waals surface area contributed by atoms with E-state index in [-0.39, 0.29) is 12.2 Å². The zero-order valence-electron chi connectivity index (χ0n) is 15.6. The summed E-state index contributed by atoms with van der Waals surface area (Å²) in [6, 6.07) is 10.0. The summed E-state index contributed by atoms with van der Waals surface area (Å²) < 4.78 is 16.7. The van der Waals surface area contributed by atoms with Crippen LogP contribution in [0.2, 0.25) is 0 Å². The fourth-order valence-corrected chi connectivity index (χ4v) is 3.17. The van der Waals surface area contributed by atoms with Crippen molar-refractivity contribution in [3.63, 3.8) is 0 Å². The minimum absolute atomic E-state index is 0.0474. The highest BCUT2D eigenvalue weighted by molar-refractivity contribution is 5.58. The molecule has 1 aromatic carbocycles. The highest BCUT2D eigenvalue weighted by Crippen LogP contribution is 2.26. The molecule has 0 bridgehead atoms. The summed E-state index contributed by atoms with van der Waals surface area (Å²) in [5, 5.41) is 17.7. The zero-order chi connectivity index (χ0) is 18.5. The van der Waals surface area contributed by atoms with Crippen LogP contribution < -0.4 is 10.1 Å². The fraction of sp³-hybridized carbons (Fsp3) is 0.550. The summed E-state index contributed by atoms with van der Waals surface area (Å²) >= 11 is 0. The van der Waals surface area contributed by atoms with E-state index in [2.05, 4.69) is 24.3 Å². The largest absolute Gasteiger partial charge is 0.497 e. The molecule has 0 saturated carbocycles. The van der Waals surface area contributed by atoms with Crippen molar-refractivity contribution in [2.75, 3.05) is 13.7 Å². The third-order valence-electron chi connectivity index (χ3n) is 4.68. The van der Waals surface area contributed by atoms with Crippen molar-refractivity contribution in [2.24, 2.45) is 0 Å². The number of hydrogen-bond donors (Lipinski definition) is 2. The maximum atomic E-state index is 10.2. The quantitative estimate of drug-likeness (QED) is 0.791. The van der Waals surface area contributed by atoms with Gasteiger partial charge in [0.15, 0.2) is 5.76 Å². The smallest absolute Gasteiger partial charge is 0.167 e. The van der Waals surface area contributed by atoms with Gasteiger partial charge in [0.2, 0.25) is 0 Å². The first-order valence-electron chi connectivity index (χ1n) is 9.22. The van der Waals surface area contributed by atoms with Crippen molar-refractivity contribution in [3.8, 4) is 17.1 Å². The van der Waals surface area contributed by atoms with Gasteiger partial charge in [-0.3, -0.25) is 0 Å². The Hall–Kier alpha value is -1.89. The van der Waals surface area contributed by atoms with Crippen molar-refractivity contribution in [2.45, 2.75) is 57.5 Å². The fourth-order valence-electron chi connectivity index (χ4n) is 3.17. The molecule has 3 atom stereocenters. The minimum atomic E-state index is -0.412. The van der Waals surface area contributed by atoms with Crippen LogP contribution in [0.4, 0.5) is 0 Å². The van der Waals surface area contributed by atoms with Gasteiger partial charge in [-0.05, 0) is 37.1 Å². The molecule has 26 heavy (non-hydrogen) atoms. The first kappa shape index (κ1) is 18.9. The maximum absolute atomic E-state index is 10.2. The van der Waals surface area contributed by atoms with Gasteiger partial charge >= 0.3 is 0 Å². The number of ether oxygens (including phenoxy) is 2. The Morgan fingerprint density at radius 3 is 2.73 bits per heavy atom. The number of hydrogen-bond acceptors (Lipinski definition) is 6. The molecule has 3 rings (SSSR count). The monoisotopic (exact) mass is 360 g/mol. The molecule has 1 aliphatic rings. The summed E-state index contributed by atoms with van der Waals surface area (Å²) in [6.45, 7) is 4.83. The van der Waals surface area contributed by atoms with Crippen LogP contribution in [0.3, 0.4) is 0 Å². The van der Waals surface area contributed by atoms with Crippen molar-refractivity contribution >= 4 is 0 Å². The van der Waals surface area contributed by atoms with Crippen molar-refractivity contribution in [1.29, 1.82) is 0 Å². The van der Waals surface area contributed by atoms with E-state index in [4.69, 9.17) is 14.0 Å². The number of rotatable bonds is 7. The number of aliphatic hydroxyl groups is 1. The molecular formula is C20H28N2O4. The van der Waals surface area contributed by atoms with Gasteiger partial charge in [0.05, 0.1) is 31.1 Å². The zero-order valence-corrected chi connectivity index (χ0v) is 15.6. The van der Waals surface area contributed by atoms with E-state index in [1.165, 1.54) is 0 Å². The van der Waals surface area contributed by atoms with E-state index in [1.54, 1.807) is 7.11 Å². The summed E-state index contributed by atoms with van der Waals surface area (Å²) in [7, 11) is 1.65. The van der Waals surface area contributed by atoms with Crippen LogP contribution >= 0.6 is 0 Å². The molecular weight excluding hydrogens is 332 g/mol. The van der Waals surface area contributed by atoms with Gasteiger partial charge in [-0.15, -0.1) is 0 Å². The van der Waals surface area contributed by atoms with Crippen molar-refractivity contribution < 1.29 is 19.1 Å². The van der Waals surface area contributed by atoms with Crippen LogP contribution in [-0.4, -0.2) is 48.3 Å². The average molecular weight is 360 g/mol. The number of methoxy groups -OCH3 is 1. The molecule has 6 heteroatoms. The predicted molar refractivity (Wildman–Crippen MR) is 99.2 cm³/mol. The second-order valence-electron chi connectivity index (χ2n) is 7.12. The van der Waals surface area contributed by atoms with Crippen LogP contribution in [0.25, 0.3) is 11.3 Å². The summed E-state index contributed by atoms with van der Waals surface area (Å²) in [5.74, 6) is 1.54. The van der Waals surface area contributed by atoms with Crippen LogP contribution in [0.1, 0.15) is 32.4 Å². The van der Waals surface area contributed by atoms with Gasteiger partial charge in [0, 0.05) is 30.6 Å². The minimum Gasteiger partial charge on any atom is -0.497 e. The Labute approximate surface area is 154 Å². The van der Waals surface area contributed by atoms with E-state index in [0.717, 1.165) is 35.6 Å². The van der Waals surface area contributed by atoms with Gasteiger partial charge in [-0.2, -0.15) is 0 Å². The second-order valence-corrected chi connectivity index (χ2v) is 7.12. The third-order valence-corrected chi connectivity index (χ3v) is 4.68. The van der Waals surface area contributed by atoms with E-state index in [0.29, 0.717) is 19.0 Å². The third kappa shape index (κ3) is 4.84. The Kier molecular flexibility index (Phi) is 6.29. The lowest BCUT2D eigenvalue weighted by atomic mass is 9.98. The number of nitrogens with one attached hydrogen (secondary N) is 1. The number of nitrogens with zero attached hydrogens (tertiary/aromatic N) is 1. The lowest BCUT2D eigenvalue weighted by Crippen LogP contribution is -2.46. The van der Waals surface area contributed by atoms with Crippen LogP contribution in [-0.2, 0) is 11.2 Å². The Morgan fingerprint density at radius 2 is 2.04 bits per heavy atom. The maximum Gasteiger partial charge on any atom is 0.167 e. The number of aliphatic hydroxyl groups excluding tert-OH is 1. The van der Waals surface area contributed by atoms with Crippen LogP contribution in [0.5, 0.6) is 5.75 Å². The molecule has 1 aliphatic heterocycles. The lowest BCUT2D eigenvalue weighted by Gasteiger charge is -2.34. The van der Waals surface area contributed by atoms with Gasteiger partial charge in [-0.1, -0.05) is 19.0 Å². The van der Waals surface area contributed by atoms with E-state index < -0.39 is 6.10 Å². The topological polar surface area (TPSA) is 76.8 Å². The van der Waals surface area contributed by atoms with Crippen molar-refractivity contribution in [1.82, 2.24) is 10.5 Å². The van der Waals surface area contributed by atoms with Gasteiger partial charge in [-0.25, -0.2) is 0 Å².